The van der Waals surface area contributed by atoms with Gasteiger partial charge in [0.25, 0.3) is 0 Å². The van der Waals surface area contributed by atoms with E-state index in [9.17, 15) is 9.90 Å². The molecule has 2 aliphatic rings. The molecule has 1 aromatic carbocycles. The van der Waals surface area contributed by atoms with Gasteiger partial charge < -0.3 is 15.3 Å². The molecule has 4 atom stereocenters. The van der Waals surface area contributed by atoms with Crippen molar-refractivity contribution < 1.29 is 9.90 Å². The predicted octanol–water partition coefficient (Wildman–Crippen LogP) is 2.20. The molecule has 4 unspecified atom stereocenters. The Morgan fingerprint density at radius 2 is 2.10 bits per heavy atom. The van der Waals surface area contributed by atoms with Crippen LogP contribution in [0.15, 0.2) is 24.3 Å². The maximum Gasteiger partial charge on any atom is 0.230 e. The normalized spacial score (nSPS) is 32.2. The Bertz CT molecular complexity index is 531. The topological polar surface area (TPSA) is 52.6 Å². The van der Waals surface area contributed by atoms with Crippen LogP contribution in [0.1, 0.15) is 38.2 Å². The van der Waals surface area contributed by atoms with Crippen molar-refractivity contribution in [3.8, 4) is 0 Å². The highest BCUT2D eigenvalue weighted by molar-refractivity contribution is 5.86. The summed E-state index contributed by atoms with van der Waals surface area (Å²) in [5.74, 6) is 0.369. The van der Waals surface area contributed by atoms with E-state index in [2.05, 4.69) is 12.2 Å². The monoisotopic (exact) mass is 288 g/mol. The molecule has 1 fully saturated rings. The van der Waals surface area contributed by atoms with Gasteiger partial charge in [-0.2, -0.15) is 0 Å². The summed E-state index contributed by atoms with van der Waals surface area (Å²) in [7, 11) is 0. The first kappa shape index (κ1) is 14.4. The molecule has 0 bridgehead atoms. The molecule has 4 nitrogen and oxygen atoms in total. The molecule has 0 saturated carbocycles. The van der Waals surface area contributed by atoms with E-state index >= 15 is 0 Å². The summed E-state index contributed by atoms with van der Waals surface area (Å²) in [4.78, 5) is 14.8. The number of hydrogen-bond donors (Lipinski definition) is 2. The number of rotatable bonds is 1. The van der Waals surface area contributed by atoms with Gasteiger partial charge in [-0.15, -0.1) is 0 Å². The zero-order chi connectivity index (χ0) is 15.0. The number of aliphatic hydroxyl groups is 1. The van der Waals surface area contributed by atoms with Crippen LogP contribution in [0.4, 0.5) is 5.69 Å². The fourth-order valence-corrected chi connectivity index (χ4v) is 3.44. The van der Waals surface area contributed by atoms with Gasteiger partial charge in [-0.3, -0.25) is 4.79 Å². The van der Waals surface area contributed by atoms with Crippen molar-refractivity contribution >= 4 is 11.6 Å². The molecule has 0 aliphatic carbocycles. The van der Waals surface area contributed by atoms with Crippen LogP contribution in [0.25, 0.3) is 0 Å². The maximum atomic E-state index is 12.9. The number of nitrogens with zero attached hydrogens (tertiary/aromatic N) is 1. The van der Waals surface area contributed by atoms with Crippen LogP contribution in [0.5, 0.6) is 0 Å². The lowest BCUT2D eigenvalue weighted by molar-refractivity contribution is -0.137. The largest absolute Gasteiger partial charge is 0.391 e. The van der Waals surface area contributed by atoms with Crippen molar-refractivity contribution in [3.63, 3.8) is 0 Å². The van der Waals surface area contributed by atoms with E-state index in [1.54, 1.807) is 0 Å². The summed E-state index contributed by atoms with van der Waals surface area (Å²) < 4.78 is 0. The van der Waals surface area contributed by atoms with Crippen LogP contribution < -0.4 is 5.32 Å². The van der Waals surface area contributed by atoms with Crippen molar-refractivity contribution in [3.05, 3.63) is 29.8 Å². The summed E-state index contributed by atoms with van der Waals surface area (Å²) in [6.07, 6.45) is 1.31. The van der Waals surface area contributed by atoms with Gasteiger partial charge >= 0.3 is 0 Å². The Hall–Kier alpha value is -1.55. The number of carbonyl (C=O) groups excluding carboxylic acids is 1. The molecule has 2 heterocycles. The molecule has 0 spiro atoms. The minimum atomic E-state index is -0.392. The van der Waals surface area contributed by atoms with Crippen molar-refractivity contribution in [1.29, 1.82) is 0 Å². The standard InChI is InChI=1S/C17H24N2O2/c1-11-7-8-19(10-16(11)20)17(21)14-9-12(2)18-15-6-4-3-5-13(14)15/h3-6,11-12,14,16,18,20H,7-10H2,1-2H3. The van der Waals surface area contributed by atoms with Gasteiger partial charge in [0.05, 0.1) is 12.0 Å². The summed E-state index contributed by atoms with van der Waals surface area (Å²) in [6.45, 7) is 5.40. The fraction of sp³-hybridized carbons (Fsp3) is 0.588. The number of anilines is 1. The molecule has 2 aliphatic heterocycles. The van der Waals surface area contributed by atoms with Crippen LogP contribution in [0, 0.1) is 5.92 Å². The molecule has 1 amide bonds. The van der Waals surface area contributed by atoms with Gasteiger partial charge in [0.15, 0.2) is 0 Å². The van der Waals surface area contributed by atoms with Crippen molar-refractivity contribution in [1.82, 2.24) is 4.90 Å². The minimum Gasteiger partial charge on any atom is -0.391 e. The Morgan fingerprint density at radius 1 is 1.33 bits per heavy atom. The SMILES string of the molecule is CC1CC(C(=O)N2CCC(C)C(O)C2)c2ccccc2N1. The molecule has 0 radical (unpaired) electrons. The number of benzene rings is 1. The molecule has 4 heteroatoms. The minimum absolute atomic E-state index is 0.0851. The van der Waals surface area contributed by atoms with Gasteiger partial charge in [-0.05, 0) is 37.3 Å². The summed E-state index contributed by atoms with van der Waals surface area (Å²) >= 11 is 0. The zero-order valence-electron chi connectivity index (χ0n) is 12.7. The Kier molecular flexibility index (Phi) is 3.89. The molecule has 1 saturated heterocycles. The van der Waals surface area contributed by atoms with Crippen LogP contribution >= 0.6 is 0 Å². The second kappa shape index (κ2) is 5.68. The van der Waals surface area contributed by atoms with Crippen LogP contribution in [-0.2, 0) is 4.79 Å². The molecule has 21 heavy (non-hydrogen) atoms. The number of amides is 1. The molecule has 114 valence electrons. The highest BCUT2D eigenvalue weighted by atomic mass is 16.3. The van der Waals surface area contributed by atoms with Gasteiger partial charge in [0.2, 0.25) is 5.91 Å². The van der Waals surface area contributed by atoms with E-state index in [0.29, 0.717) is 12.6 Å². The van der Waals surface area contributed by atoms with Gasteiger partial charge in [-0.1, -0.05) is 25.1 Å². The third kappa shape index (κ3) is 2.77. The number of carbonyl (C=O) groups is 1. The summed E-state index contributed by atoms with van der Waals surface area (Å²) in [6, 6.07) is 8.36. The number of hydrogen-bond acceptors (Lipinski definition) is 3. The quantitative estimate of drug-likeness (QED) is 0.833. The molecule has 0 aromatic heterocycles. The lowest BCUT2D eigenvalue weighted by atomic mass is 9.85. The molecular formula is C17H24N2O2. The van der Waals surface area contributed by atoms with Crippen molar-refractivity contribution in [2.24, 2.45) is 5.92 Å². The first-order valence-electron chi connectivity index (χ1n) is 7.88. The maximum absolute atomic E-state index is 12.9. The highest BCUT2D eigenvalue weighted by Gasteiger charge is 2.35. The van der Waals surface area contributed by atoms with E-state index in [-0.39, 0.29) is 17.7 Å². The van der Waals surface area contributed by atoms with E-state index in [4.69, 9.17) is 0 Å². The number of likely N-dealkylation sites (tertiary alicyclic amines) is 1. The number of piperidine rings is 1. The number of β-amino-alcohol motifs (C(OH)–C–C–N with tert-alkyl or cyclic N) is 1. The van der Waals surface area contributed by atoms with Crippen molar-refractivity contribution in [2.45, 2.75) is 44.8 Å². The van der Waals surface area contributed by atoms with E-state index in [0.717, 1.165) is 30.6 Å². The third-order valence-electron chi connectivity index (χ3n) is 4.86. The van der Waals surface area contributed by atoms with Gasteiger partial charge in [0, 0.05) is 24.8 Å². The molecule has 2 N–H and O–H groups in total. The lowest BCUT2D eigenvalue weighted by Gasteiger charge is -2.38. The van der Waals surface area contributed by atoms with E-state index in [1.165, 1.54) is 0 Å². The lowest BCUT2D eigenvalue weighted by Crippen LogP contribution is -2.48. The molecule has 3 rings (SSSR count). The highest BCUT2D eigenvalue weighted by Crippen LogP contribution is 2.36. The van der Waals surface area contributed by atoms with Gasteiger partial charge in [0.1, 0.15) is 0 Å². The number of nitrogens with one attached hydrogen (secondary N) is 1. The number of fused-ring (bicyclic) bond motifs is 1. The molecular weight excluding hydrogens is 264 g/mol. The first-order chi connectivity index (χ1) is 10.1. The average molecular weight is 288 g/mol. The predicted molar refractivity (Wildman–Crippen MR) is 83.3 cm³/mol. The Balaban J connectivity index is 1.82. The second-order valence-electron chi connectivity index (χ2n) is 6.54. The summed E-state index contributed by atoms with van der Waals surface area (Å²) in [5, 5.41) is 13.5. The average Bonchev–Trinajstić information content (AvgIpc) is 2.48. The summed E-state index contributed by atoms with van der Waals surface area (Å²) in [5.41, 5.74) is 2.16. The number of para-hydroxylation sites is 1. The fourth-order valence-electron chi connectivity index (χ4n) is 3.44. The zero-order valence-corrected chi connectivity index (χ0v) is 12.7. The Morgan fingerprint density at radius 3 is 2.86 bits per heavy atom. The Labute approximate surface area is 126 Å². The molecule has 1 aromatic rings. The van der Waals surface area contributed by atoms with Crippen molar-refractivity contribution in [2.75, 3.05) is 18.4 Å². The second-order valence-corrected chi connectivity index (χ2v) is 6.54. The van der Waals surface area contributed by atoms with E-state index in [1.807, 2.05) is 36.1 Å². The van der Waals surface area contributed by atoms with E-state index < -0.39 is 6.10 Å². The number of aliphatic hydroxyl groups excluding tert-OH is 1. The van der Waals surface area contributed by atoms with Crippen LogP contribution in [0.2, 0.25) is 0 Å². The first-order valence-corrected chi connectivity index (χ1v) is 7.88. The van der Waals surface area contributed by atoms with Crippen LogP contribution in [0.3, 0.4) is 0 Å². The third-order valence-corrected chi connectivity index (χ3v) is 4.86. The van der Waals surface area contributed by atoms with Gasteiger partial charge in [-0.25, -0.2) is 0 Å². The smallest absolute Gasteiger partial charge is 0.230 e. The van der Waals surface area contributed by atoms with Crippen LogP contribution in [-0.4, -0.2) is 41.1 Å².